The number of carbonyl (C=O) groups excluding carboxylic acids is 2. The van der Waals surface area contributed by atoms with Gasteiger partial charge in [-0.25, -0.2) is 4.79 Å². The maximum Gasteiger partial charge on any atom is 0.328 e. The molecule has 1 aromatic carbocycles. The summed E-state index contributed by atoms with van der Waals surface area (Å²) >= 11 is 0. The standard InChI is InChI=1S/C15H19NO3/c1-11-6-8-12(9-7-11)14(17)16-10-4-3-5-13(16)15(18)19-2/h6-9,13H,3-5,10H2,1-2H3/t13-/m0/s1. The number of amides is 1. The average molecular weight is 261 g/mol. The Morgan fingerprint density at radius 2 is 1.89 bits per heavy atom. The predicted molar refractivity (Wildman–Crippen MR) is 71.9 cm³/mol. The number of methoxy groups -OCH3 is 1. The Morgan fingerprint density at radius 1 is 1.21 bits per heavy atom. The second-order valence-electron chi connectivity index (χ2n) is 4.90. The van der Waals surface area contributed by atoms with Gasteiger partial charge in [-0.15, -0.1) is 0 Å². The highest BCUT2D eigenvalue weighted by atomic mass is 16.5. The van der Waals surface area contributed by atoms with E-state index in [1.54, 1.807) is 17.0 Å². The Bertz CT molecular complexity index is 467. The molecule has 0 radical (unpaired) electrons. The van der Waals surface area contributed by atoms with Crippen molar-refractivity contribution in [2.75, 3.05) is 13.7 Å². The van der Waals surface area contributed by atoms with Crippen LogP contribution in [0.2, 0.25) is 0 Å². The maximum absolute atomic E-state index is 12.5. The van der Waals surface area contributed by atoms with E-state index in [0.717, 1.165) is 18.4 Å². The van der Waals surface area contributed by atoms with E-state index >= 15 is 0 Å². The van der Waals surface area contributed by atoms with Crippen LogP contribution in [0.5, 0.6) is 0 Å². The number of rotatable bonds is 2. The van der Waals surface area contributed by atoms with Crippen LogP contribution in [0, 0.1) is 6.92 Å². The highest BCUT2D eigenvalue weighted by Gasteiger charge is 2.33. The maximum atomic E-state index is 12.5. The minimum absolute atomic E-state index is 0.0879. The number of esters is 1. The first-order chi connectivity index (χ1) is 9.13. The summed E-state index contributed by atoms with van der Waals surface area (Å²) in [5, 5.41) is 0. The Labute approximate surface area is 113 Å². The number of ether oxygens (including phenoxy) is 1. The number of hydrogen-bond acceptors (Lipinski definition) is 3. The number of benzene rings is 1. The van der Waals surface area contributed by atoms with Gasteiger partial charge in [0.25, 0.3) is 5.91 Å². The SMILES string of the molecule is COC(=O)[C@@H]1CCCCN1C(=O)c1ccc(C)cc1. The highest BCUT2D eigenvalue weighted by molar-refractivity contribution is 5.97. The fourth-order valence-corrected chi connectivity index (χ4v) is 2.42. The summed E-state index contributed by atoms with van der Waals surface area (Å²) in [6, 6.07) is 6.99. The number of hydrogen-bond donors (Lipinski definition) is 0. The molecule has 1 heterocycles. The van der Waals surface area contributed by atoms with Gasteiger partial charge < -0.3 is 9.64 Å². The number of carbonyl (C=O) groups is 2. The van der Waals surface area contributed by atoms with Gasteiger partial charge >= 0.3 is 5.97 Å². The fraction of sp³-hybridized carbons (Fsp3) is 0.467. The molecule has 0 saturated carbocycles. The number of likely N-dealkylation sites (tertiary alicyclic amines) is 1. The lowest BCUT2D eigenvalue weighted by Gasteiger charge is -2.33. The fourth-order valence-electron chi connectivity index (χ4n) is 2.42. The van der Waals surface area contributed by atoms with Crippen LogP contribution in [0.4, 0.5) is 0 Å². The van der Waals surface area contributed by atoms with E-state index in [2.05, 4.69) is 0 Å². The molecular weight excluding hydrogens is 242 g/mol. The third-order valence-corrected chi connectivity index (χ3v) is 3.54. The van der Waals surface area contributed by atoms with E-state index in [-0.39, 0.29) is 11.9 Å². The summed E-state index contributed by atoms with van der Waals surface area (Å²) in [5.74, 6) is -0.407. The molecule has 4 heteroatoms. The molecule has 102 valence electrons. The molecule has 19 heavy (non-hydrogen) atoms. The molecule has 1 atom stereocenters. The van der Waals surface area contributed by atoms with E-state index < -0.39 is 6.04 Å². The van der Waals surface area contributed by atoms with Crippen molar-refractivity contribution in [3.63, 3.8) is 0 Å². The molecule has 0 unspecified atom stereocenters. The predicted octanol–water partition coefficient (Wildman–Crippen LogP) is 2.16. The zero-order valence-corrected chi connectivity index (χ0v) is 11.4. The second-order valence-corrected chi connectivity index (χ2v) is 4.90. The van der Waals surface area contributed by atoms with Crippen molar-refractivity contribution in [2.45, 2.75) is 32.2 Å². The summed E-state index contributed by atoms with van der Waals surface area (Å²) in [4.78, 5) is 25.8. The minimum atomic E-state index is -0.437. The van der Waals surface area contributed by atoms with Gasteiger partial charge in [0, 0.05) is 12.1 Å². The molecule has 0 bridgehead atoms. The van der Waals surface area contributed by atoms with Crippen LogP contribution >= 0.6 is 0 Å². The van der Waals surface area contributed by atoms with E-state index in [9.17, 15) is 9.59 Å². The summed E-state index contributed by atoms with van der Waals surface area (Å²) in [6.07, 6.45) is 2.58. The average Bonchev–Trinajstić information content (AvgIpc) is 2.46. The Kier molecular flexibility index (Phi) is 4.20. The van der Waals surface area contributed by atoms with Gasteiger partial charge in [-0.3, -0.25) is 4.79 Å². The Hall–Kier alpha value is -1.84. The van der Waals surface area contributed by atoms with Crippen molar-refractivity contribution in [1.82, 2.24) is 4.90 Å². The van der Waals surface area contributed by atoms with E-state index in [1.807, 2.05) is 19.1 Å². The zero-order chi connectivity index (χ0) is 13.8. The molecule has 1 fully saturated rings. The van der Waals surface area contributed by atoms with Gasteiger partial charge in [-0.1, -0.05) is 17.7 Å². The first kappa shape index (κ1) is 13.6. The quantitative estimate of drug-likeness (QED) is 0.766. The topological polar surface area (TPSA) is 46.6 Å². The third kappa shape index (κ3) is 2.95. The lowest BCUT2D eigenvalue weighted by Crippen LogP contribution is -2.48. The Morgan fingerprint density at radius 3 is 2.53 bits per heavy atom. The molecule has 0 aromatic heterocycles. The molecule has 0 N–H and O–H groups in total. The molecule has 1 aliphatic heterocycles. The molecule has 1 aliphatic rings. The summed E-state index contributed by atoms with van der Waals surface area (Å²) in [5.41, 5.74) is 1.74. The molecule has 1 amide bonds. The van der Waals surface area contributed by atoms with E-state index in [0.29, 0.717) is 18.5 Å². The van der Waals surface area contributed by atoms with Gasteiger partial charge in [0.2, 0.25) is 0 Å². The van der Waals surface area contributed by atoms with Crippen LogP contribution < -0.4 is 0 Å². The van der Waals surface area contributed by atoms with Crippen molar-refractivity contribution >= 4 is 11.9 Å². The largest absolute Gasteiger partial charge is 0.467 e. The van der Waals surface area contributed by atoms with Crippen LogP contribution in [0.3, 0.4) is 0 Å². The van der Waals surface area contributed by atoms with Crippen molar-refractivity contribution < 1.29 is 14.3 Å². The number of piperidine rings is 1. The first-order valence-corrected chi connectivity index (χ1v) is 6.59. The minimum Gasteiger partial charge on any atom is -0.467 e. The van der Waals surface area contributed by atoms with Crippen LogP contribution in [0.15, 0.2) is 24.3 Å². The van der Waals surface area contributed by atoms with Crippen molar-refractivity contribution in [3.8, 4) is 0 Å². The summed E-state index contributed by atoms with van der Waals surface area (Å²) < 4.78 is 4.79. The van der Waals surface area contributed by atoms with Gasteiger partial charge in [0.1, 0.15) is 6.04 Å². The van der Waals surface area contributed by atoms with Crippen molar-refractivity contribution in [2.24, 2.45) is 0 Å². The van der Waals surface area contributed by atoms with Crippen LogP contribution in [-0.4, -0.2) is 36.5 Å². The van der Waals surface area contributed by atoms with Gasteiger partial charge in [0.05, 0.1) is 7.11 Å². The molecule has 1 aromatic rings. The normalized spacial score (nSPS) is 19.1. The van der Waals surface area contributed by atoms with Gasteiger partial charge in [-0.05, 0) is 38.3 Å². The van der Waals surface area contributed by atoms with E-state index in [4.69, 9.17) is 4.74 Å². The summed E-state index contributed by atoms with van der Waals surface area (Å²) in [7, 11) is 1.37. The van der Waals surface area contributed by atoms with Crippen LogP contribution in [0.25, 0.3) is 0 Å². The highest BCUT2D eigenvalue weighted by Crippen LogP contribution is 2.20. The van der Waals surface area contributed by atoms with E-state index in [1.165, 1.54) is 7.11 Å². The van der Waals surface area contributed by atoms with Crippen molar-refractivity contribution in [1.29, 1.82) is 0 Å². The van der Waals surface area contributed by atoms with Gasteiger partial charge in [-0.2, -0.15) is 0 Å². The second kappa shape index (κ2) is 5.87. The molecule has 0 spiro atoms. The smallest absolute Gasteiger partial charge is 0.328 e. The van der Waals surface area contributed by atoms with Crippen LogP contribution in [0.1, 0.15) is 35.2 Å². The third-order valence-electron chi connectivity index (χ3n) is 3.54. The number of nitrogens with zero attached hydrogens (tertiary/aromatic N) is 1. The van der Waals surface area contributed by atoms with Gasteiger partial charge in [0.15, 0.2) is 0 Å². The molecule has 2 rings (SSSR count). The summed E-state index contributed by atoms with van der Waals surface area (Å²) in [6.45, 7) is 2.60. The lowest BCUT2D eigenvalue weighted by molar-refractivity contribution is -0.147. The molecule has 1 saturated heterocycles. The number of aryl methyl sites for hydroxylation is 1. The molecule has 0 aliphatic carbocycles. The van der Waals surface area contributed by atoms with Crippen molar-refractivity contribution in [3.05, 3.63) is 35.4 Å². The molecule has 4 nitrogen and oxygen atoms in total. The first-order valence-electron chi connectivity index (χ1n) is 6.59. The monoisotopic (exact) mass is 261 g/mol. The Balaban J connectivity index is 2.20. The lowest BCUT2D eigenvalue weighted by atomic mass is 10.0. The molecular formula is C15H19NO3. The van der Waals surface area contributed by atoms with Crippen LogP contribution in [-0.2, 0) is 9.53 Å². The zero-order valence-electron chi connectivity index (χ0n) is 11.4.